The van der Waals surface area contributed by atoms with Crippen molar-refractivity contribution < 1.29 is 4.39 Å². The number of fused-ring (bicyclic) bond motifs is 1. The van der Waals surface area contributed by atoms with Crippen LogP contribution >= 0.6 is 11.3 Å². The molecule has 4 nitrogen and oxygen atoms in total. The number of benzene rings is 1. The monoisotopic (exact) mass is 288 g/mol. The highest BCUT2D eigenvalue weighted by molar-refractivity contribution is 7.16. The number of hydrogen-bond acceptors (Lipinski definition) is 5. The van der Waals surface area contributed by atoms with E-state index in [2.05, 4.69) is 20.6 Å². The molecule has 0 radical (unpaired) electrons. The number of para-hydroxylation sites is 1. The highest BCUT2D eigenvalue weighted by Crippen LogP contribution is 2.30. The van der Waals surface area contributed by atoms with E-state index >= 15 is 0 Å². The summed E-state index contributed by atoms with van der Waals surface area (Å²) in [6.45, 7) is 1.86. The third-order valence-electron chi connectivity index (χ3n) is 3.01. The van der Waals surface area contributed by atoms with Crippen LogP contribution in [0, 0.1) is 12.7 Å². The smallest absolute Gasteiger partial charge is 0.225 e. The summed E-state index contributed by atoms with van der Waals surface area (Å²) >= 11 is 1.53. The summed E-state index contributed by atoms with van der Waals surface area (Å²) in [7, 11) is 1.76. The van der Waals surface area contributed by atoms with Crippen molar-refractivity contribution in [2.75, 3.05) is 17.7 Å². The molecule has 0 fully saturated rings. The van der Waals surface area contributed by atoms with Crippen LogP contribution in [0.4, 0.5) is 21.8 Å². The summed E-state index contributed by atoms with van der Waals surface area (Å²) in [4.78, 5) is 9.60. The normalized spacial score (nSPS) is 10.8. The Bertz CT molecular complexity index is 749. The van der Waals surface area contributed by atoms with Crippen molar-refractivity contribution in [2.45, 2.75) is 6.92 Å². The summed E-state index contributed by atoms with van der Waals surface area (Å²) in [6.07, 6.45) is 0. The summed E-state index contributed by atoms with van der Waals surface area (Å²) in [5, 5.41) is 8.83. The summed E-state index contributed by atoms with van der Waals surface area (Å²) < 4.78 is 13.9. The molecule has 1 aromatic carbocycles. The van der Waals surface area contributed by atoms with Crippen LogP contribution < -0.4 is 10.6 Å². The maximum Gasteiger partial charge on any atom is 0.225 e. The first-order valence-electron chi connectivity index (χ1n) is 6.14. The van der Waals surface area contributed by atoms with Gasteiger partial charge < -0.3 is 10.6 Å². The van der Waals surface area contributed by atoms with Crippen LogP contribution in [0.15, 0.2) is 29.6 Å². The van der Waals surface area contributed by atoms with Crippen molar-refractivity contribution in [3.05, 3.63) is 41.0 Å². The topological polar surface area (TPSA) is 49.8 Å². The van der Waals surface area contributed by atoms with Crippen molar-refractivity contribution in [1.29, 1.82) is 0 Å². The molecule has 0 atom stereocenters. The van der Waals surface area contributed by atoms with E-state index in [1.165, 1.54) is 17.4 Å². The fraction of sp³-hybridized carbons (Fsp3) is 0.143. The molecular weight excluding hydrogens is 275 g/mol. The van der Waals surface area contributed by atoms with Crippen molar-refractivity contribution in [3.8, 4) is 0 Å². The molecule has 0 bridgehead atoms. The quantitative estimate of drug-likeness (QED) is 0.767. The molecule has 0 saturated carbocycles. The lowest BCUT2D eigenvalue weighted by Gasteiger charge is -2.11. The molecule has 2 heterocycles. The summed E-state index contributed by atoms with van der Waals surface area (Å²) in [5.41, 5.74) is 1.28. The van der Waals surface area contributed by atoms with Crippen molar-refractivity contribution in [2.24, 2.45) is 0 Å². The van der Waals surface area contributed by atoms with Crippen LogP contribution in [0.3, 0.4) is 0 Å². The van der Waals surface area contributed by atoms with Gasteiger partial charge in [0.1, 0.15) is 16.5 Å². The van der Waals surface area contributed by atoms with Crippen LogP contribution in [-0.4, -0.2) is 17.0 Å². The average Bonchev–Trinajstić information content (AvgIpc) is 2.91. The molecule has 0 amide bonds. The minimum Gasteiger partial charge on any atom is -0.357 e. The molecule has 0 unspecified atom stereocenters. The Morgan fingerprint density at radius 1 is 1.20 bits per heavy atom. The van der Waals surface area contributed by atoms with E-state index < -0.39 is 0 Å². The predicted octanol–water partition coefficient (Wildman–Crippen LogP) is 3.92. The van der Waals surface area contributed by atoms with Gasteiger partial charge in [-0.15, -0.1) is 11.3 Å². The summed E-state index contributed by atoms with van der Waals surface area (Å²) in [5.74, 6) is 0.822. The Kier molecular flexibility index (Phi) is 3.23. The van der Waals surface area contributed by atoms with Crippen LogP contribution in [0.25, 0.3) is 10.2 Å². The molecule has 2 aromatic heterocycles. The van der Waals surface area contributed by atoms with Gasteiger partial charge in [0.25, 0.3) is 0 Å². The first-order chi connectivity index (χ1) is 9.69. The van der Waals surface area contributed by atoms with E-state index in [0.717, 1.165) is 15.8 Å². The lowest BCUT2D eigenvalue weighted by atomic mass is 10.2. The molecule has 0 saturated heterocycles. The second-order valence-electron chi connectivity index (χ2n) is 4.34. The largest absolute Gasteiger partial charge is 0.357 e. The van der Waals surface area contributed by atoms with E-state index in [0.29, 0.717) is 17.5 Å². The lowest BCUT2D eigenvalue weighted by Crippen LogP contribution is -2.03. The Balaban J connectivity index is 2.12. The van der Waals surface area contributed by atoms with Crippen molar-refractivity contribution in [1.82, 2.24) is 9.97 Å². The average molecular weight is 288 g/mol. The van der Waals surface area contributed by atoms with Gasteiger partial charge in [-0.05, 0) is 30.0 Å². The number of aromatic nitrogens is 2. The Labute approximate surface area is 119 Å². The van der Waals surface area contributed by atoms with Gasteiger partial charge in [-0.25, -0.2) is 9.37 Å². The number of thiophene rings is 1. The SMILES string of the molecule is CNc1nc(Nc2c(C)cccc2F)c2ccsc2n1. The van der Waals surface area contributed by atoms with Gasteiger partial charge in [-0.3, -0.25) is 0 Å². The molecule has 0 spiro atoms. The maximum absolute atomic E-state index is 13.9. The summed E-state index contributed by atoms with van der Waals surface area (Å²) in [6, 6.07) is 6.91. The molecule has 3 rings (SSSR count). The van der Waals surface area contributed by atoms with Gasteiger partial charge in [0, 0.05) is 7.05 Å². The molecule has 0 aliphatic carbocycles. The number of hydrogen-bond donors (Lipinski definition) is 2. The fourth-order valence-electron chi connectivity index (χ4n) is 1.97. The molecule has 3 aromatic rings. The number of aryl methyl sites for hydroxylation is 1. The Hall–Kier alpha value is -2.21. The first kappa shape index (κ1) is 12.8. The zero-order valence-corrected chi connectivity index (χ0v) is 11.9. The van der Waals surface area contributed by atoms with Gasteiger partial charge in [-0.2, -0.15) is 4.98 Å². The van der Waals surface area contributed by atoms with Gasteiger partial charge in [0.2, 0.25) is 5.95 Å². The zero-order chi connectivity index (χ0) is 14.1. The highest BCUT2D eigenvalue weighted by atomic mass is 32.1. The highest BCUT2D eigenvalue weighted by Gasteiger charge is 2.11. The number of rotatable bonds is 3. The van der Waals surface area contributed by atoms with Gasteiger partial charge >= 0.3 is 0 Å². The zero-order valence-electron chi connectivity index (χ0n) is 11.1. The molecule has 6 heteroatoms. The van der Waals surface area contributed by atoms with E-state index in [1.807, 2.05) is 24.4 Å². The van der Waals surface area contributed by atoms with E-state index in [1.54, 1.807) is 13.1 Å². The van der Waals surface area contributed by atoms with Crippen LogP contribution in [0.2, 0.25) is 0 Å². The number of halogens is 1. The standard InChI is InChI=1S/C14H13FN4S/c1-8-4-3-5-10(15)11(8)17-12-9-6-7-20-13(9)19-14(16-2)18-12/h3-7H,1-2H3,(H2,16,17,18,19). The second-order valence-corrected chi connectivity index (χ2v) is 5.24. The van der Waals surface area contributed by atoms with Crippen molar-refractivity contribution >= 4 is 39.0 Å². The van der Waals surface area contributed by atoms with Gasteiger partial charge in [0.15, 0.2) is 0 Å². The molecular formula is C14H13FN4S. The predicted molar refractivity (Wildman–Crippen MR) is 81.4 cm³/mol. The van der Waals surface area contributed by atoms with E-state index in [-0.39, 0.29) is 5.82 Å². The van der Waals surface area contributed by atoms with Crippen LogP contribution in [0.1, 0.15) is 5.56 Å². The first-order valence-corrected chi connectivity index (χ1v) is 7.02. The number of anilines is 3. The molecule has 2 N–H and O–H groups in total. The maximum atomic E-state index is 13.9. The minimum atomic E-state index is -0.294. The third kappa shape index (κ3) is 2.18. The Morgan fingerprint density at radius 3 is 2.80 bits per heavy atom. The minimum absolute atomic E-state index is 0.294. The van der Waals surface area contributed by atoms with Crippen LogP contribution in [-0.2, 0) is 0 Å². The lowest BCUT2D eigenvalue weighted by molar-refractivity contribution is 0.631. The fourth-order valence-corrected chi connectivity index (χ4v) is 2.74. The van der Waals surface area contributed by atoms with E-state index in [9.17, 15) is 4.39 Å². The third-order valence-corrected chi connectivity index (χ3v) is 3.82. The van der Waals surface area contributed by atoms with E-state index in [4.69, 9.17) is 0 Å². The number of nitrogens with one attached hydrogen (secondary N) is 2. The molecule has 0 aliphatic heterocycles. The second kappa shape index (κ2) is 5.05. The van der Waals surface area contributed by atoms with Gasteiger partial charge in [-0.1, -0.05) is 12.1 Å². The molecule has 0 aliphatic rings. The number of nitrogens with zero attached hydrogens (tertiary/aromatic N) is 2. The van der Waals surface area contributed by atoms with Crippen molar-refractivity contribution in [3.63, 3.8) is 0 Å². The Morgan fingerprint density at radius 2 is 2.05 bits per heavy atom. The van der Waals surface area contributed by atoms with Gasteiger partial charge in [0.05, 0.1) is 11.1 Å². The molecule has 20 heavy (non-hydrogen) atoms. The van der Waals surface area contributed by atoms with Crippen LogP contribution in [0.5, 0.6) is 0 Å². The molecule has 102 valence electrons.